The number of hydrogen-bond donors (Lipinski definition) is 2. The van der Waals surface area contributed by atoms with E-state index in [2.05, 4.69) is 9.97 Å². The molecule has 66 valence electrons. The minimum absolute atomic E-state index is 0.139. The van der Waals surface area contributed by atoms with Crippen molar-refractivity contribution < 1.29 is 0 Å². The molecule has 0 aliphatic heterocycles. The molecule has 1 rings (SSSR count). The molecule has 1 aromatic rings. The molecule has 1 aromatic heterocycles. The molecular formula is C7H10N2O2S. The molecule has 0 aromatic carbocycles. The van der Waals surface area contributed by atoms with E-state index in [1.807, 2.05) is 13.2 Å². The monoisotopic (exact) mass is 186 g/mol. The summed E-state index contributed by atoms with van der Waals surface area (Å²) in [5, 5.41) is 0.139. The molecule has 0 spiro atoms. The average Bonchev–Trinajstić information content (AvgIpc) is 2.01. The highest BCUT2D eigenvalue weighted by Crippen LogP contribution is 2.21. The largest absolute Gasteiger partial charge is 0.325 e. The molecule has 0 fully saturated rings. The predicted molar refractivity (Wildman–Crippen MR) is 49.6 cm³/mol. The van der Waals surface area contributed by atoms with Gasteiger partial charge in [0, 0.05) is 17.0 Å². The van der Waals surface area contributed by atoms with Gasteiger partial charge in [0.05, 0.1) is 0 Å². The molecule has 1 heterocycles. The molecule has 0 radical (unpaired) electrons. The van der Waals surface area contributed by atoms with Gasteiger partial charge in [-0.2, -0.15) is 11.8 Å². The molecule has 0 saturated heterocycles. The van der Waals surface area contributed by atoms with Crippen LogP contribution < -0.4 is 11.2 Å². The topological polar surface area (TPSA) is 65.7 Å². The average molecular weight is 186 g/mol. The van der Waals surface area contributed by atoms with Gasteiger partial charge in [-0.3, -0.25) is 9.78 Å². The minimum atomic E-state index is -0.446. The van der Waals surface area contributed by atoms with Crippen molar-refractivity contribution in [2.75, 3.05) is 6.26 Å². The Kier molecular flexibility index (Phi) is 2.75. The summed E-state index contributed by atoms with van der Waals surface area (Å²) in [5.41, 5.74) is -0.135. The third-order valence-electron chi connectivity index (χ3n) is 1.57. The second kappa shape index (κ2) is 3.62. The zero-order chi connectivity index (χ0) is 9.14. The van der Waals surface area contributed by atoms with Crippen molar-refractivity contribution in [2.24, 2.45) is 0 Å². The van der Waals surface area contributed by atoms with Crippen LogP contribution in [0.15, 0.2) is 15.7 Å². The van der Waals surface area contributed by atoms with Gasteiger partial charge in [-0.15, -0.1) is 0 Å². The van der Waals surface area contributed by atoms with E-state index in [0.29, 0.717) is 5.69 Å². The number of hydrogen-bond acceptors (Lipinski definition) is 3. The van der Waals surface area contributed by atoms with Crippen LogP contribution in [-0.2, 0) is 0 Å². The second-order valence-corrected chi connectivity index (χ2v) is 3.60. The maximum absolute atomic E-state index is 10.8. The van der Waals surface area contributed by atoms with E-state index >= 15 is 0 Å². The van der Waals surface area contributed by atoms with E-state index in [4.69, 9.17) is 0 Å². The summed E-state index contributed by atoms with van der Waals surface area (Å²) in [6.07, 6.45) is 1.92. The van der Waals surface area contributed by atoms with Crippen LogP contribution in [0, 0.1) is 0 Å². The number of nitrogens with one attached hydrogen (secondary N) is 2. The minimum Gasteiger partial charge on any atom is -0.310 e. The van der Waals surface area contributed by atoms with Crippen LogP contribution in [-0.4, -0.2) is 16.2 Å². The molecule has 0 saturated carbocycles. The molecule has 5 heteroatoms. The van der Waals surface area contributed by atoms with Gasteiger partial charge in [0.2, 0.25) is 0 Å². The Morgan fingerprint density at radius 3 is 2.58 bits per heavy atom. The molecular weight excluding hydrogens is 176 g/mol. The van der Waals surface area contributed by atoms with Gasteiger partial charge >= 0.3 is 5.69 Å². The van der Waals surface area contributed by atoms with E-state index in [9.17, 15) is 9.59 Å². The Morgan fingerprint density at radius 1 is 1.42 bits per heavy atom. The Morgan fingerprint density at radius 2 is 2.08 bits per heavy atom. The first kappa shape index (κ1) is 9.12. The SMILES string of the molecule is CSC(C)c1cc(=O)[nH]c(=O)[nH]1. The van der Waals surface area contributed by atoms with Crippen molar-refractivity contribution >= 4 is 11.8 Å². The molecule has 12 heavy (non-hydrogen) atoms. The van der Waals surface area contributed by atoms with E-state index in [-0.39, 0.29) is 10.8 Å². The summed E-state index contributed by atoms with van der Waals surface area (Å²) in [6.45, 7) is 1.93. The Balaban J connectivity index is 3.17. The fraction of sp³-hybridized carbons (Fsp3) is 0.429. The summed E-state index contributed by atoms with van der Waals surface area (Å²) < 4.78 is 0. The fourth-order valence-corrected chi connectivity index (χ4v) is 1.21. The summed E-state index contributed by atoms with van der Waals surface area (Å²) >= 11 is 1.57. The summed E-state index contributed by atoms with van der Waals surface area (Å²) in [4.78, 5) is 26.3. The van der Waals surface area contributed by atoms with Gasteiger partial charge in [-0.25, -0.2) is 4.79 Å². The summed E-state index contributed by atoms with van der Waals surface area (Å²) in [7, 11) is 0. The van der Waals surface area contributed by atoms with Gasteiger partial charge in [0.1, 0.15) is 0 Å². The lowest BCUT2D eigenvalue weighted by atomic mass is 10.3. The third-order valence-corrected chi connectivity index (χ3v) is 2.53. The number of H-pyrrole nitrogens is 2. The zero-order valence-corrected chi connectivity index (χ0v) is 7.70. The van der Waals surface area contributed by atoms with Gasteiger partial charge in [-0.05, 0) is 13.2 Å². The Hall–Kier alpha value is -0.970. The van der Waals surface area contributed by atoms with E-state index in [1.165, 1.54) is 6.07 Å². The first-order valence-corrected chi connectivity index (χ1v) is 4.78. The van der Waals surface area contributed by atoms with Crippen LogP contribution in [0.25, 0.3) is 0 Å². The van der Waals surface area contributed by atoms with Gasteiger partial charge in [0.15, 0.2) is 0 Å². The highest BCUT2D eigenvalue weighted by molar-refractivity contribution is 7.98. The van der Waals surface area contributed by atoms with Crippen molar-refractivity contribution in [3.63, 3.8) is 0 Å². The smallest absolute Gasteiger partial charge is 0.310 e. The molecule has 0 aliphatic carbocycles. The quantitative estimate of drug-likeness (QED) is 0.706. The number of aromatic amines is 2. The maximum Gasteiger partial charge on any atom is 0.325 e. The van der Waals surface area contributed by atoms with Crippen molar-refractivity contribution in [1.82, 2.24) is 9.97 Å². The predicted octanol–water partition coefficient (Wildman–Crippen LogP) is 0.487. The lowest BCUT2D eigenvalue weighted by Gasteiger charge is -2.05. The van der Waals surface area contributed by atoms with Crippen molar-refractivity contribution in [2.45, 2.75) is 12.2 Å². The first-order valence-electron chi connectivity index (χ1n) is 3.50. The molecule has 4 nitrogen and oxygen atoms in total. The van der Waals surface area contributed by atoms with Gasteiger partial charge in [-0.1, -0.05) is 0 Å². The van der Waals surface area contributed by atoms with Crippen LogP contribution in [0.5, 0.6) is 0 Å². The highest BCUT2D eigenvalue weighted by atomic mass is 32.2. The second-order valence-electron chi connectivity index (χ2n) is 2.42. The molecule has 2 N–H and O–H groups in total. The summed E-state index contributed by atoms with van der Waals surface area (Å²) in [5.74, 6) is 0. The Bertz CT molecular complexity index is 340. The lowest BCUT2D eigenvalue weighted by molar-refractivity contribution is 0.923. The lowest BCUT2D eigenvalue weighted by Crippen LogP contribution is -2.23. The standard InChI is InChI=1S/C7H10N2O2S/c1-4(12-2)5-3-6(10)9-7(11)8-5/h3-4H,1-2H3,(H2,8,9,10,11). The van der Waals surface area contributed by atoms with Crippen LogP contribution in [0.4, 0.5) is 0 Å². The molecule has 0 aliphatic rings. The molecule has 0 amide bonds. The fourth-order valence-electron chi connectivity index (χ4n) is 0.834. The number of rotatable bonds is 2. The zero-order valence-electron chi connectivity index (χ0n) is 6.88. The van der Waals surface area contributed by atoms with Crippen molar-refractivity contribution in [3.05, 3.63) is 32.6 Å². The summed E-state index contributed by atoms with van der Waals surface area (Å²) in [6, 6.07) is 1.41. The van der Waals surface area contributed by atoms with Crippen LogP contribution in [0.1, 0.15) is 17.9 Å². The van der Waals surface area contributed by atoms with Crippen molar-refractivity contribution in [1.29, 1.82) is 0 Å². The molecule has 0 bridgehead atoms. The number of thioether (sulfide) groups is 1. The van der Waals surface area contributed by atoms with E-state index in [0.717, 1.165) is 0 Å². The highest BCUT2D eigenvalue weighted by Gasteiger charge is 2.04. The maximum atomic E-state index is 10.8. The normalized spacial score (nSPS) is 12.8. The van der Waals surface area contributed by atoms with E-state index in [1.54, 1.807) is 11.8 Å². The third kappa shape index (κ3) is 2.01. The van der Waals surface area contributed by atoms with Crippen LogP contribution in [0.3, 0.4) is 0 Å². The number of aromatic nitrogens is 2. The van der Waals surface area contributed by atoms with Crippen LogP contribution in [0.2, 0.25) is 0 Å². The first-order chi connectivity index (χ1) is 5.63. The Labute approximate surface area is 73.4 Å². The van der Waals surface area contributed by atoms with Gasteiger partial charge < -0.3 is 4.98 Å². The van der Waals surface area contributed by atoms with Crippen LogP contribution >= 0.6 is 11.8 Å². The molecule has 1 unspecified atom stereocenters. The van der Waals surface area contributed by atoms with E-state index < -0.39 is 5.69 Å². The molecule has 1 atom stereocenters. The van der Waals surface area contributed by atoms with Crippen molar-refractivity contribution in [3.8, 4) is 0 Å². The van der Waals surface area contributed by atoms with Gasteiger partial charge in [0.25, 0.3) is 5.56 Å².